The van der Waals surface area contributed by atoms with Gasteiger partial charge in [0.1, 0.15) is 6.33 Å². The van der Waals surface area contributed by atoms with Gasteiger partial charge in [0.05, 0.1) is 16.9 Å². The highest BCUT2D eigenvalue weighted by Crippen LogP contribution is 2.11. The van der Waals surface area contributed by atoms with Crippen molar-refractivity contribution in [1.82, 2.24) is 9.55 Å². The van der Waals surface area contributed by atoms with Gasteiger partial charge in [0.25, 0.3) is 5.17 Å². The highest BCUT2D eigenvalue weighted by molar-refractivity contribution is 7.85. The normalized spacial score (nSPS) is 13.5. The first-order valence-electron chi connectivity index (χ1n) is 7.20. The van der Waals surface area contributed by atoms with Crippen LogP contribution in [0, 0.1) is 6.92 Å². The number of aryl methyl sites for hydroxylation is 1. The number of hydrogen-bond acceptors (Lipinski definition) is 4. The van der Waals surface area contributed by atoms with Gasteiger partial charge < -0.3 is 4.74 Å². The summed E-state index contributed by atoms with van der Waals surface area (Å²) in [5.74, 6) is 0.634. The molecule has 1 heterocycles. The molecule has 0 spiro atoms. The van der Waals surface area contributed by atoms with Gasteiger partial charge in [-0.25, -0.2) is 4.98 Å². The molecule has 118 valence electrons. The van der Waals surface area contributed by atoms with Crippen LogP contribution in [-0.4, -0.2) is 30.8 Å². The van der Waals surface area contributed by atoms with Crippen molar-refractivity contribution in [2.45, 2.75) is 37.7 Å². The summed E-state index contributed by atoms with van der Waals surface area (Å²) >= 11 is 5.18. The van der Waals surface area contributed by atoms with E-state index in [1.807, 2.05) is 38.1 Å². The SMILES string of the molecule is Cc1ccc(S(=O)CCC[C@@H](C)OC(=S)n2ccnc2)cc1. The topological polar surface area (TPSA) is 44.1 Å². The Kier molecular flexibility index (Phi) is 6.27. The second-order valence-corrected chi connectivity index (χ2v) is 7.09. The zero-order chi connectivity index (χ0) is 15.9. The van der Waals surface area contributed by atoms with Crippen LogP contribution >= 0.6 is 12.2 Å². The van der Waals surface area contributed by atoms with Gasteiger partial charge in [-0.15, -0.1) is 0 Å². The van der Waals surface area contributed by atoms with E-state index in [2.05, 4.69) is 4.98 Å². The van der Waals surface area contributed by atoms with Crippen molar-refractivity contribution < 1.29 is 8.95 Å². The maximum Gasteiger partial charge on any atom is 0.269 e. The van der Waals surface area contributed by atoms with Crippen molar-refractivity contribution in [1.29, 1.82) is 0 Å². The van der Waals surface area contributed by atoms with Crippen LogP contribution in [0.5, 0.6) is 0 Å². The predicted molar refractivity (Wildman–Crippen MR) is 92.5 cm³/mol. The van der Waals surface area contributed by atoms with Crippen molar-refractivity contribution >= 4 is 28.2 Å². The average Bonchev–Trinajstić information content (AvgIpc) is 3.02. The first-order chi connectivity index (χ1) is 10.6. The van der Waals surface area contributed by atoms with Gasteiger partial charge in [-0.2, -0.15) is 0 Å². The Morgan fingerprint density at radius 2 is 2.14 bits per heavy atom. The van der Waals surface area contributed by atoms with E-state index in [0.717, 1.165) is 17.7 Å². The van der Waals surface area contributed by atoms with E-state index < -0.39 is 10.8 Å². The molecule has 0 aliphatic rings. The highest BCUT2D eigenvalue weighted by Gasteiger charge is 2.09. The minimum absolute atomic E-state index is 0.00934. The van der Waals surface area contributed by atoms with E-state index in [1.165, 1.54) is 5.56 Å². The Morgan fingerprint density at radius 3 is 2.77 bits per heavy atom. The van der Waals surface area contributed by atoms with E-state index in [9.17, 15) is 4.21 Å². The second-order valence-electron chi connectivity index (χ2n) is 5.17. The molecule has 0 N–H and O–H groups in total. The zero-order valence-electron chi connectivity index (χ0n) is 12.8. The number of benzene rings is 1. The summed E-state index contributed by atoms with van der Waals surface area (Å²) in [5.41, 5.74) is 1.18. The van der Waals surface area contributed by atoms with Crippen LogP contribution in [0.25, 0.3) is 0 Å². The van der Waals surface area contributed by atoms with Gasteiger partial charge in [0.2, 0.25) is 0 Å². The zero-order valence-corrected chi connectivity index (χ0v) is 14.4. The van der Waals surface area contributed by atoms with Gasteiger partial charge in [-0.3, -0.25) is 8.78 Å². The van der Waals surface area contributed by atoms with Gasteiger partial charge in [0, 0.05) is 23.0 Å². The molecular weight excluding hydrogens is 316 g/mol. The summed E-state index contributed by atoms with van der Waals surface area (Å²) in [6, 6.07) is 7.84. The highest BCUT2D eigenvalue weighted by atomic mass is 32.2. The molecule has 4 nitrogen and oxygen atoms in total. The summed E-state index contributed by atoms with van der Waals surface area (Å²) in [4.78, 5) is 4.81. The summed E-state index contributed by atoms with van der Waals surface area (Å²) < 4.78 is 19.5. The molecule has 2 rings (SSSR count). The molecule has 0 radical (unpaired) electrons. The van der Waals surface area contributed by atoms with Crippen LogP contribution < -0.4 is 0 Å². The van der Waals surface area contributed by atoms with Gasteiger partial charge in [0.15, 0.2) is 0 Å². The van der Waals surface area contributed by atoms with Crippen LogP contribution in [0.1, 0.15) is 25.3 Å². The third kappa shape index (κ3) is 5.03. The van der Waals surface area contributed by atoms with Crippen molar-refractivity contribution in [2.24, 2.45) is 0 Å². The molecular formula is C16H20N2O2S2. The lowest BCUT2D eigenvalue weighted by molar-refractivity contribution is 0.194. The molecule has 2 aromatic rings. The number of imidazole rings is 1. The number of aromatic nitrogens is 2. The maximum absolute atomic E-state index is 12.2. The van der Waals surface area contributed by atoms with Gasteiger partial charge in [-0.1, -0.05) is 17.7 Å². The Labute approximate surface area is 139 Å². The summed E-state index contributed by atoms with van der Waals surface area (Å²) in [5, 5.41) is 0.393. The molecule has 1 aromatic heterocycles. The molecule has 0 aliphatic heterocycles. The van der Waals surface area contributed by atoms with Gasteiger partial charge >= 0.3 is 0 Å². The second kappa shape index (κ2) is 8.19. The largest absolute Gasteiger partial charge is 0.467 e. The van der Waals surface area contributed by atoms with E-state index >= 15 is 0 Å². The third-order valence-corrected chi connectivity index (χ3v) is 5.01. The molecule has 0 saturated carbocycles. The van der Waals surface area contributed by atoms with Crippen LogP contribution in [0.3, 0.4) is 0 Å². The fourth-order valence-corrected chi connectivity index (χ4v) is 3.35. The van der Waals surface area contributed by atoms with Gasteiger partial charge in [-0.05, 0) is 51.0 Å². The average molecular weight is 336 g/mol. The van der Waals surface area contributed by atoms with E-state index in [1.54, 1.807) is 23.3 Å². The Hall–Kier alpha value is -1.53. The summed E-state index contributed by atoms with van der Waals surface area (Å²) in [7, 11) is -0.954. The smallest absolute Gasteiger partial charge is 0.269 e. The van der Waals surface area contributed by atoms with Crippen LogP contribution in [0.15, 0.2) is 47.9 Å². The number of thiocarbonyl (C=S) groups is 1. The lowest BCUT2D eigenvalue weighted by Gasteiger charge is -2.15. The van der Waals surface area contributed by atoms with Crippen LogP contribution in [0.2, 0.25) is 0 Å². The molecule has 1 unspecified atom stereocenters. The molecule has 0 saturated heterocycles. The Bertz CT molecular complexity index is 624. The van der Waals surface area contributed by atoms with Crippen molar-refractivity contribution in [3.05, 3.63) is 48.5 Å². The first-order valence-corrected chi connectivity index (χ1v) is 8.93. The standard InChI is InChI=1S/C16H20N2O2S2/c1-13-5-7-15(8-6-13)22(19)11-3-4-14(2)20-16(21)18-10-9-17-12-18/h5-10,12,14H,3-4,11H2,1-2H3/t14-,22?/m1/s1. The maximum atomic E-state index is 12.2. The quantitative estimate of drug-likeness (QED) is 0.759. The molecule has 0 bridgehead atoms. The molecule has 22 heavy (non-hydrogen) atoms. The molecule has 0 aliphatic carbocycles. The number of ether oxygens (including phenoxy) is 1. The molecule has 2 atom stereocenters. The van der Waals surface area contributed by atoms with Crippen molar-refractivity contribution in [3.8, 4) is 0 Å². The summed E-state index contributed by atoms with van der Waals surface area (Å²) in [6.07, 6.45) is 6.65. The Balaban J connectivity index is 1.72. The predicted octanol–water partition coefficient (Wildman–Crippen LogP) is 3.32. The van der Waals surface area contributed by atoms with E-state index in [-0.39, 0.29) is 6.10 Å². The third-order valence-electron chi connectivity index (χ3n) is 3.24. The van der Waals surface area contributed by atoms with Crippen molar-refractivity contribution in [2.75, 3.05) is 5.75 Å². The molecule has 1 aromatic carbocycles. The number of hydrogen-bond donors (Lipinski definition) is 0. The first kappa shape index (κ1) is 16.8. The molecule has 6 heteroatoms. The number of nitrogens with zero attached hydrogens (tertiary/aromatic N) is 2. The van der Waals surface area contributed by atoms with Crippen LogP contribution in [-0.2, 0) is 15.5 Å². The Morgan fingerprint density at radius 1 is 1.41 bits per heavy atom. The monoisotopic (exact) mass is 336 g/mol. The minimum atomic E-state index is -0.954. The fourth-order valence-electron chi connectivity index (χ4n) is 1.97. The minimum Gasteiger partial charge on any atom is -0.467 e. The lowest BCUT2D eigenvalue weighted by Crippen LogP contribution is -2.19. The van der Waals surface area contributed by atoms with Crippen LogP contribution in [0.4, 0.5) is 0 Å². The van der Waals surface area contributed by atoms with E-state index in [4.69, 9.17) is 17.0 Å². The van der Waals surface area contributed by atoms with Crippen molar-refractivity contribution in [3.63, 3.8) is 0 Å². The summed E-state index contributed by atoms with van der Waals surface area (Å²) in [6.45, 7) is 3.99. The lowest BCUT2D eigenvalue weighted by atomic mass is 10.2. The van der Waals surface area contributed by atoms with E-state index in [0.29, 0.717) is 10.9 Å². The number of rotatable bonds is 6. The molecule has 0 amide bonds. The fraction of sp³-hybridized carbons (Fsp3) is 0.375. The molecule has 0 fully saturated rings.